The number of nitro groups is 1. The third kappa shape index (κ3) is 3.71. The summed E-state index contributed by atoms with van der Waals surface area (Å²) in [6.07, 6.45) is -0.142. The second-order valence-corrected chi connectivity index (χ2v) is 4.86. The van der Waals surface area contributed by atoms with E-state index in [-0.39, 0.29) is 17.5 Å². The second-order valence-electron chi connectivity index (χ2n) is 4.86. The summed E-state index contributed by atoms with van der Waals surface area (Å²) in [5.74, 6) is 0.939. The highest BCUT2D eigenvalue weighted by Crippen LogP contribution is 2.35. The molecule has 2 rings (SSSR count). The van der Waals surface area contributed by atoms with Crippen molar-refractivity contribution in [2.75, 3.05) is 5.32 Å². The monoisotopic (exact) mass is 291 g/mol. The average molecular weight is 291 g/mol. The molecule has 0 aliphatic carbocycles. The Hall–Kier alpha value is -2.57. The van der Waals surface area contributed by atoms with Gasteiger partial charge in [0.05, 0.1) is 17.6 Å². The predicted octanol–water partition coefficient (Wildman–Crippen LogP) is 3.29. The molecule has 2 aromatic rings. The van der Waals surface area contributed by atoms with Crippen LogP contribution in [-0.4, -0.2) is 16.2 Å². The van der Waals surface area contributed by atoms with Crippen LogP contribution in [0.15, 0.2) is 28.8 Å². The van der Waals surface area contributed by atoms with Crippen LogP contribution in [0.3, 0.4) is 0 Å². The Bertz CT molecular complexity index is 637. The highest BCUT2D eigenvalue weighted by molar-refractivity contribution is 5.68. The predicted molar refractivity (Wildman–Crippen MR) is 77.4 cm³/mol. The molecule has 0 bridgehead atoms. The summed E-state index contributed by atoms with van der Waals surface area (Å²) in [4.78, 5) is 10.8. The van der Waals surface area contributed by atoms with E-state index < -0.39 is 4.92 Å². The maximum atomic E-state index is 11.3. The normalized spacial score (nSPS) is 10.7. The molecule has 0 amide bonds. The Balaban J connectivity index is 2.23. The minimum absolute atomic E-state index is 0.0774. The van der Waals surface area contributed by atoms with E-state index in [1.165, 1.54) is 0 Å². The Morgan fingerprint density at radius 2 is 2.24 bits per heavy atom. The molecule has 21 heavy (non-hydrogen) atoms. The summed E-state index contributed by atoms with van der Waals surface area (Å²) >= 11 is 0. The van der Waals surface area contributed by atoms with E-state index >= 15 is 0 Å². The first-order chi connectivity index (χ1) is 9.97. The lowest BCUT2D eigenvalue weighted by Gasteiger charge is -2.12. The van der Waals surface area contributed by atoms with E-state index in [1.54, 1.807) is 31.2 Å². The number of anilines is 1. The molecule has 0 aliphatic rings. The number of aryl methyl sites for hydroxylation is 1. The van der Waals surface area contributed by atoms with Crippen LogP contribution in [0.5, 0.6) is 5.75 Å². The number of para-hydroxylation sites is 1. The van der Waals surface area contributed by atoms with Gasteiger partial charge >= 0.3 is 5.69 Å². The van der Waals surface area contributed by atoms with E-state index in [0.717, 1.165) is 0 Å². The summed E-state index contributed by atoms with van der Waals surface area (Å²) < 4.78 is 10.4. The fraction of sp³-hybridized carbons (Fsp3) is 0.357. The first-order valence-corrected chi connectivity index (χ1v) is 6.57. The van der Waals surface area contributed by atoms with Gasteiger partial charge in [-0.25, -0.2) is 0 Å². The Labute approximate surface area is 122 Å². The van der Waals surface area contributed by atoms with Gasteiger partial charge in [-0.2, -0.15) is 0 Å². The highest BCUT2D eigenvalue weighted by Gasteiger charge is 2.21. The van der Waals surface area contributed by atoms with Crippen molar-refractivity contribution in [1.29, 1.82) is 0 Å². The quantitative estimate of drug-likeness (QED) is 0.648. The number of nitrogens with zero attached hydrogens (tertiary/aromatic N) is 2. The van der Waals surface area contributed by atoms with Crippen LogP contribution in [0.2, 0.25) is 0 Å². The molecular weight excluding hydrogens is 274 g/mol. The molecule has 7 nitrogen and oxygen atoms in total. The molecule has 0 atom stereocenters. The van der Waals surface area contributed by atoms with Crippen LogP contribution in [0.4, 0.5) is 11.4 Å². The van der Waals surface area contributed by atoms with Crippen LogP contribution >= 0.6 is 0 Å². The molecule has 0 unspecified atom stereocenters. The van der Waals surface area contributed by atoms with Crippen molar-refractivity contribution in [3.63, 3.8) is 0 Å². The van der Waals surface area contributed by atoms with E-state index in [2.05, 4.69) is 10.5 Å². The van der Waals surface area contributed by atoms with Gasteiger partial charge in [0.1, 0.15) is 17.1 Å². The zero-order valence-electron chi connectivity index (χ0n) is 12.1. The molecule has 0 fully saturated rings. The molecule has 0 aliphatic heterocycles. The van der Waals surface area contributed by atoms with Crippen molar-refractivity contribution in [1.82, 2.24) is 5.16 Å². The minimum atomic E-state index is -0.450. The highest BCUT2D eigenvalue weighted by atomic mass is 16.6. The van der Waals surface area contributed by atoms with Gasteiger partial charge in [-0.15, -0.1) is 0 Å². The molecule has 0 radical (unpaired) electrons. The van der Waals surface area contributed by atoms with Crippen molar-refractivity contribution in [2.24, 2.45) is 0 Å². The summed E-state index contributed by atoms with van der Waals surface area (Å²) in [5.41, 5.74) is 0.988. The number of nitro benzene ring substituents is 1. The number of benzene rings is 1. The smallest absolute Gasteiger partial charge is 0.333 e. The van der Waals surface area contributed by atoms with Gasteiger partial charge in [0, 0.05) is 6.07 Å². The van der Waals surface area contributed by atoms with Gasteiger partial charge in [-0.1, -0.05) is 11.2 Å². The molecule has 1 aromatic heterocycles. The van der Waals surface area contributed by atoms with Gasteiger partial charge in [0.15, 0.2) is 5.75 Å². The van der Waals surface area contributed by atoms with Gasteiger partial charge in [-0.3, -0.25) is 10.1 Å². The molecule has 0 spiro atoms. The average Bonchev–Trinajstić information content (AvgIpc) is 2.81. The summed E-state index contributed by atoms with van der Waals surface area (Å²) in [6.45, 7) is 5.77. The van der Waals surface area contributed by atoms with Gasteiger partial charge in [-0.05, 0) is 32.9 Å². The second kappa shape index (κ2) is 6.25. The van der Waals surface area contributed by atoms with Crippen molar-refractivity contribution in [3.8, 4) is 5.75 Å². The Morgan fingerprint density at radius 3 is 2.81 bits per heavy atom. The number of rotatable bonds is 6. The zero-order chi connectivity index (χ0) is 15.4. The van der Waals surface area contributed by atoms with E-state index in [4.69, 9.17) is 9.26 Å². The molecular formula is C14H17N3O4. The van der Waals surface area contributed by atoms with Gasteiger partial charge in [0.25, 0.3) is 0 Å². The lowest BCUT2D eigenvalue weighted by molar-refractivity contribution is -0.385. The van der Waals surface area contributed by atoms with Crippen molar-refractivity contribution in [2.45, 2.75) is 33.4 Å². The first kappa shape index (κ1) is 14.8. The minimum Gasteiger partial charge on any atom is -0.484 e. The first-order valence-electron chi connectivity index (χ1n) is 6.57. The molecule has 0 saturated heterocycles. The third-order valence-corrected chi connectivity index (χ3v) is 2.68. The largest absolute Gasteiger partial charge is 0.484 e. The van der Waals surface area contributed by atoms with E-state index in [1.807, 2.05) is 13.8 Å². The van der Waals surface area contributed by atoms with Crippen LogP contribution in [0.1, 0.15) is 25.3 Å². The number of aromatic nitrogens is 1. The Morgan fingerprint density at radius 1 is 1.48 bits per heavy atom. The third-order valence-electron chi connectivity index (χ3n) is 2.68. The number of nitrogens with one attached hydrogen (secondary N) is 1. The van der Waals surface area contributed by atoms with Crippen LogP contribution < -0.4 is 10.1 Å². The molecule has 7 heteroatoms. The Kier molecular flexibility index (Phi) is 4.42. The van der Waals surface area contributed by atoms with Crippen molar-refractivity contribution in [3.05, 3.63) is 45.8 Å². The number of hydrogen-bond acceptors (Lipinski definition) is 6. The SMILES string of the molecule is Cc1cc(CNc2cccc(OC(C)C)c2[N+](=O)[O-])no1. The summed E-state index contributed by atoms with van der Waals surface area (Å²) in [5, 5.41) is 18.1. The maximum absolute atomic E-state index is 11.3. The van der Waals surface area contributed by atoms with Gasteiger partial charge < -0.3 is 14.6 Å². The van der Waals surface area contributed by atoms with E-state index in [9.17, 15) is 10.1 Å². The van der Waals surface area contributed by atoms with Crippen LogP contribution in [0.25, 0.3) is 0 Å². The zero-order valence-corrected chi connectivity index (χ0v) is 12.1. The van der Waals surface area contributed by atoms with Gasteiger partial charge in [0.2, 0.25) is 0 Å². The summed E-state index contributed by atoms with van der Waals surface area (Å²) in [6, 6.07) is 6.70. The maximum Gasteiger partial charge on any atom is 0.333 e. The van der Waals surface area contributed by atoms with Crippen molar-refractivity contribution >= 4 is 11.4 Å². The summed E-state index contributed by atoms with van der Waals surface area (Å²) in [7, 11) is 0. The van der Waals surface area contributed by atoms with Crippen LogP contribution in [0, 0.1) is 17.0 Å². The molecule has 0 saturated carbocycles. The number of hydrogen-bond donors (Lipinski definition) is 1. The van der Waals surface area contributed by atoms with Crippen LogP contribution in [-0.2, 0) is 6.54 Å². The molecule has 1 aromatic carbocycles. The standard InChI is InChI=1S/C14H17N3O4/c1-9(2)20-13-6-4-5-12(14(13)17(18)19)15-8-11-7-10(3)21-16-11/h4-7,9,15H,8H2,1-3H3. The van der Waals surface area contributed by atoms with Crippen molar-refractivity contribution < 1.29 is 14.2 Å². The topological polar surface area (TPSA) is 90.4 Å². The lowest BCUT2D eigenvalue weighted by Crippen LogP contribution is -2.09. The lowest BCUT2D eigenvalue weighted by atomic mass is 10.2. The fourth-order valence-electron chi connectivity index (χ4n) is 1.89. The number of ether oxygens (including phenoxy) is 1. The molecule has 1 N–H and O–H groups in total. The molecule has 112 valence electrons. The molecule has 1 heterocycles. The van der Waals surface area contributed by atoms with E-state index in [0.29, 0.717) is 23.7 Å². The fourth-order valence-corrected chi connectivity index (χ4v) is 1.89.